The molecule has 9 N–H and O–H groups in total. The highest BCUT2D eigenvalue weighted by molar-refractivity contribution is 8.76. The Morgan fingerprint density at radius 2 is 0.794 bits per heavy atom. The van der Waals surface area contributed by atoms with Gasteiger partial charge in [-0.3, -0.25) is 78.1 Å². The molecule has 0 aliphatic carbocycles. The van der Waals surface area contributed by atoms with Crippen molar-refractivity contribution < 1.29 is 123 Å². The van der Waals surface area contributed by atoms with Gasteiger partial charge in [-0.2, -0.15) is 0 Å². The van der Waals surface area contributed by atoms with Gasteiger partial charge >= 0.3 is 37.4 Å². The molecule has 1 aromatic heterocycles. The molecule has 10 aromatic carbocycles. The molecule has 43 heteroatoms. The van der Waals surface area contributed by atoms with E-state index in [9.17, 15) is 91.0 Å². The first-order valence-corrected chi connectivity index (χ1v) is 52.2. The van der Waals surface area contributed by atoms with E-state index in [1.54, 1.807) is 146 Å². The van der Waals surface area contributed by atoms with Gasteiger partial charge in [0, 0.05) is 173 Å². The second-order valence-corrected chi connectivity index (χ2v) is 40.0. The third kappa shape index (κ3) is 23.4. The number of hydrogen-bond acceptors (Lipinski definition) is 21. The SMILES string of the molecule is CC(COC(=O)Nc1cc(/C=C/C(=O)N2C[C@@H](CCl)c3c2cc(OP(=O)(O)O)c2ccccc32)ccc1/C=C/C(=O)N1C[C@@H](CCl)c2c1cc(OP(=O)(O)O)c1ccccc21)SSc1ccccn1.O=C1C=CC(=O)N1CCOCCOc1cc(/C=C/C(=O)N2C[C@@H](CCl)c3c2cc(OP(=O)(O)O)c2ccccc32)ccc1/C=C/C(=O)N1C[C@@H](CCl)c2c1cc(OP(=O)(O)O)c1ccccc21. The molecule has 706 valence electrons. The number of carbonyl (C=O) groups is 7. The highest BCUT2D eigenvalue weighted by Gasteiger charge is 2.41. The molecule has 6 heterocycles. The predicted octanol–water partition coefficient (Wildman–Crippen LogP) is 17.5. The molecule has 0 spiro atoms. The van der Waals surface area contributed by atoms with Gasteiger partial charge in [-0.1, -0.05) is 138 Å². The van der Waals surface area contributed by atoms with Crippen LogP contribution in [0.25, 0.3) is 67.4 Å². The van der Waals surface area contributed by atoms with E-state index in [4.69, 9.17) is 78.7 Å². The maximum atomic E-state index is 14.1. The van der Waals surface area contributed by atoms with Crippen LogP contribution in [0.2, 0.25) is 0 Å². The quantitative estimate of drug-likeness (QED) is 0.00460. The Morgan fingerprint density at radius 1 is 0.441 bits per heavy atom. The lowest BCUT2D eigenvalue weighted by atomic mass is 9.95. The summed E-state index contributed by atoms with van der Waals surface area (Å²) < 4.78 is 85.5. The number of pyridine rings is 1. The Morgan fingerprint density at radius 3 is 1.16 bits per heavy atom. The van der Waals surface area contributed by atoms with Gasteiger partial charge in [0.25, 0.3) is 35.4 Å². The van der Waals surface area contributed by atoms with Crippen LogP contribution < -0.4 is 47.7 Å². The van der Waals surface area contributed by atoms with E-state index in [0.29, 0.717) is 93.8 Å². The summed E-state index contributed by atoms with van der Waals surface area (Å²) in [5.41, 5.74) is 6.51. The standard InChI is InChI=1S/C47H42Cl2N4O12P2S2.C46H41Cl2N3O14P2/c1-28(68-69-42-12-6-7-19-50-42)27-63-47(56)51-37-20-29(14-17-43(54)52-25-31(23-48)45-35-10-4-2-8-33(35)40(21-38(45)52)64-66(57,58)59)13-15-30(37)16-18-44(55)53-26-32(24-49)46-36-11-5-3-9-34(36)41(22-39(46)53)65-67(60,61)62;47-24-30-26-50(36-22-39(64-66(56,57)58)32-5-1-3-7-34(32)45(30)36)43(54)13-10-28-9-11-29(38(21-28)63-20-19-62-18-17-49-41(52)15-16-42(49)53)12-14-44(55)51-27-31(25-48)46-35-8-4-2-6-33(35)40(23-37(46)51)65-67(59,60)61/h2-22,28,31-32H,23-27H2,1H3,(H,51,56)(H2,57,58,59)(H2,60,61,62);1-16,21-23,30-31H,17-20,24-27H2,(H2,56,57,58)(H2,59,60,61)/b17-14+,18-16+;13-10+,14-12+/t28?,31-,32-;30-,31-/m11/s1. The molecule has 16 rings (SSSR count). The van der Waals surface area contributed by atoms with Gasteiger partial charge in [0.2, 0.25) is 0 Å². The normalized spacial score (nSPS) is 16.7. The molecule has 33 nitrogen and oxygen atoms in total. The smallest absolute Gasteiger partial charge is 0.491 e. The zero-order chi connectivity index (χ0) is 96.7. The summed E-state index contributed by atoms with van der Waals surface area (Å²) in [5, 5.41) is 7.75. The maximum Gasteiger partial charge on any atom is 0.524 e. The second-order valence-electron chi connectivity index (χ2n) is 31.4. The summed E-state index contributed by atoms with van der Waals surface area (Å²) in [4.78, 5) is 182. The van der Waals surface area contributed by atoms with Crippen LogP contribution in [0.1, 0.15) is 75.1 Å². The number of phosphoric acid groups is 4. The van der Waals surface area contributed by atoms with Crippen molar-refractivity contribution >= 4 is 237 Å². The van der Waals surface area contributed by atoms with Crippen molar-refractivity contribution in [1.29, 1.82) is 0 Å². The summed E-state index contributed by atoms with van der Waals surface area (Å²) in [6, 6.07) is 48.8. The van der Waals surface area contributed by atoms with Crippen LogP contribution >= 0.6 is 99.3 Å². The lowest BCUT2D eigenvalue weighted by molar-refractivity contribution is -0.137. The molecule has 0 bridgehead atoms. The third-order valence-electron chi connectivity index (χ3n) is 22.4. The van der Waals surface area contributed by atoms with E-state index in [1.807, 2.05) is 25.1 Å². The number of carbonyl (C=O) groups excluding carboxylic acids is 7. The molecule has 136 heavy (non-hydrogen) atoms. The summed E-state index contributed by atoms with van der Waals surface area (Å²) in [6.07, 6.45) is 14.7. The number of anilines is 5. The van der Waals surface area contributed by atoms with E-state index in [-0.39, 0.29) is 140 Å². The minimum absolute atomic E-state index is 0.00466. The fraction of sp³-hybridized carbons (Fsp3) is 0.204. The lowest BCUT2D eigenvalue weighted by Crippen LogP contribution is -2.33. The fourth-order valence-electron chi connectivity index (χ4n) is 16.7. The van der Waals surface area contributed by atoms with Crippen LogP contribution in [0.15, 0.2) is 224 Å². The molecule has 5 aliphatic heterocycles. The Balaban J connectivity index is 0.000000207. The number of aromatic nitrogens is 1. The first-order valence-electron chi connectivity index (χ1n) is 41.7. The number of halogens is 4. The van der Waals surface area contributed by atoms with Crippen LogP contribution in [0.3, 0.4) is 0 Å². The van der Waals surface area contributed by atoms with Crippen molar-refractivity contribution in [2.45, 2.75) is 40.9 Å². The molecular formula is C93H83Cl4N7O26P4S2. The van der Waals surface area contributed by atoms with Crippen LogP contribution in [-0.2, 0) is 56.5 Å². The fourth-order valence-corrected chi connectivity index (χ4v) is 21.2. The first kappa shape index (κ1) is 99.3. The van der Waals surface area contributed by atoms with Gasteiger partial charge in [-0.25, -0.2) is 28.0 Å². The van der Waals surface area contributed by atoms with Crippen molar-refractivity contribution in [3.05, 3.63) is 263 Å². The number of amides is 7. The summed E-state index contributed by atoms with van der Waals surface area (Å²) in [7, 11) is -17.0. The van der Waals surface area contributed by atoms with Gasteiger partial charge in [-0.15, -0.1) is 46.4 Å². The van der Waals surface area contributed by atoms with Crippen molar-refractivity contribution in [3.63, 3.8) is 0 Å². The van der Waals surface area contributed by atoms with Crippen molar-refractivity contribution in [3.8, 4) is 28.7 Å². The monoisotopic (exact) mass is 2040 g/mol. The first-order chi connectivity index (χ1) is 65.0. The average molecular weight is 2040 g/mol. The number of fused-ring (bicyclic) bond motifs is 12. The number of benzene rings is 10. The van der Waals surface area contributed by atoms with Gasteiger partial charge in [0.15, 0.2) is 0 Å². The molecule has 5 aliphatic rings. The topological polar surface area (TPSA) is 455 Å². The molecule has 7 amide bonds. The molecule has 11 aromatic rings. The Hall–Kier alpha value is -11.2. The number of hydrogen-bond donors (Lipinski definition) is 9. The zero-order valence-electron chi connectivity index (χ0n) is 71.4. The van der Waals surface area contributed by atoms with Gasteiger partial charge < -0.3 is 51.9 Å². The van der Waals surface area contributed by atoms with E-state index < -0.39 is 72.8 Å². The van der Waals surface area contributed by atoms with E-state index >= 15 is 0 Å². The van der Waals surface area contributed by atoms with E-state index in [0.717, 1.165) is 32.2 Å². The molecule has 0 radical (unpaired) electrons. The summed E-state index contributed by atoms with van der Waals surface area (Å²) >= 11 is 25.7. The van der Waals surface area contributed by atoms with Crippen molar-refractivity contribution in [2.75, 3.05) is 108 Å². The number of ether oxygens (including phenoxy) is 3. The summed E-state index contributed by atoms with van der Waals surface area (Å²) in [5.74, 6) is -3.46. The van der Waals surface area contributed by atoms with E-state index in [2.05, 4.69) is 10.3 Å². The summed E-state index contributed by atoms with van der Waals surface area (Å²) in [6.45, 7) is 2.81. The number of imide groups is 1. The van der Waals surface area contributed by atoms with E-state index in [1.165, 1.54) is 120 Å². The third-order valence-corrected chi connectivity index (χ3v) is 28.4. The average Bonchev–Trinajstić information content (AvgIpc) is 1.59. The number of nitrogens with zero attached hydrogens (tertiary/aromatic N) is 6. The highest BCUT2D eigenvalue weighted by atomic mass is 35.5. The second kappa shape index (κ2) is 42.8. The molecule has 0 fully saturated rings. The predicted molar refractivity (Wildman–Crippen MR) is 523 cm³/mol. The highest BCUT2D eigenvalue weighted by Crippen LogP contribution is 2.55. The number of phosphoric ester groups is 4. The molecule has 5 atom stereocenters. The molecular weight excluding hydrogens is 1960 g/mol. The van der Waals surface area contributed by atoms with Crippen molar-refractivity contribution in [1.82, 2.24) is 9.88 Å². The van der Waals surface area contributed by atoms with Gasteiger partial charge in [-0.05, 0) is 127 Å². The Labute approximate surface area is 804 Å². The Bertz CT molecular complexity index is 6920. The van der Waals surface area contributed by atoms with Crippen LogP contribution in [0.4, 0.5) is 33.2 Å². The lowest BCUT2D eigenvalue weighted by Gasteiger charge is -2.18. The van der Waals surface area contributed by atoms with Gasteiger partial charge in [0.1, 0.15) is 47.0 Å². The molecule has 0 saturated carbocycles. The van der Waals surface area contributed by atoms with Crippen LogP contribution in [0, 0.1) is 0 Å². The van der Waals surface area contributed by atoms with Gasteiger partial charge in [0.05, 0.1) is 48.2 Å². The Kier molecular flexibility index (Phi) is 31.3. The minimum atomic E-state index is -4.99. The zero-order valence-corrected chi connectivity index (χ0v) is 79.6. The van der Waals surface area contributed by atoms with Crippen molar-refractivity contribution in [2.24, 2.45) is 0 Å². The van der Waals surface area contributed by atoms with Crippen LogP contribution in [0.5, 0.6) is 28.7 Å². The minimum Gasteiger partial charge on any atom is -0.491 e. The molecule has 0 saturated heterocycles. The molecule has 1 unspecified atom stereocenters. The number of rotatable bonds is 33. The van der Waals surface area contributed by atoms with Crippen LogP contribution in [-0.4, -0.2) is 178 Å². The maximum absolute atomic E-state index is 14.1. The number of alkyl halides is 4. The largest absolute Gasteiger partial charge is 0.524 e. The number of nitrogens with one attached hydrogen (secondary N) is 1.